The quantitative estimate of drug-likeness (QED) is 0.584. The molecule has 28 heavy (non-hydrogen) atoms. The van der Waals surface area contributed by atoms with Crippen molar-refractivity contribution in [3.8, 4) is 0 Å². The zero-order chi connectivity index (χ0) is 19.4. The predicted molar refractivity (Wildman–Crippen MR) is 113 cm³/mol. The summed E-state index contributed by atoms with van der Waals surface area (Å²) >= 11 is 6.04. The van der Waals surface area contributed by atoms with Crippen LogP contribution in [0, 0.1) is 11.7 Å². The Bertz CT molecular complexity index is 871. The van der Waals surface area contributed by atoms with Gasteiger partial charge in [-0.25, -0.2) is 4.39 Å². The molecule has 0 radical (unpaired) electrons. The maximum absolute atomic E-state index is 14.1. The van der Waals surface area contributed by atoms with Crippen molar-refractivity contribution in [3.63, 3.8) is 0 Å². The second-order valence-corrected chi connectivity index (χ2v) is 7.12. The summed E-state index contributed by atoms with van der Waals surface area (Å²) in [6.07, 6.45) is 4.80. The van der Waals surface area contributed by atoms with Crippen LogP contribution in [0.15, 0.2) is 36.4 Å². The first-order valence-corrected chi connectivity index (χ1v) is 9.28. The van der Waals surface area contributed by atoms with Crippen molar-refractivity contribution in [1.29, 1.82) is 0 Å². The largest absolute Gasteiger partial charge is 0.399 e. The molecule has 2 amide bonds. The van der Waals surface area contributed by atoms with Gasteiger partial charge < -0.3 is 16.4 Å². The van der Waals surface area contributed by atoms with E-state index < -0.39 is 11.7 Å². The molecule has 1 aliphatic carbocycles. The van der Waals surface area contributed by atoms with Crippen molar-refractivity contribution < 1.29 is 14.0 Å². The maximum Gasteiger partial charge on any atom is 0.257 e. The fourth-order valence-electron chi connectivity index (χ4n) is 3.21. The lowest BCUT2D eigenvalue weighted by Gasteiger charge is -2.21. The molecular weight excluding hydrogens is 404 g/mol. The van der Waals surface area contributed by atoms with Crippen LogP contribution in [0.25, 0.3) is 0 Å². The molecule has 8 heteroatoms. The maximum atomic E-state index is 14.1. The fourth-order valence-corrected chi connectivity index (χ4v) is 3.49. The molecule has 0 saturated heterocycles. The average Bonchev–Trinajstić information content (AvgIpc) is 2.65. The Kier molecular flexibility index (Phi) is 7.66. The highest BCUT2D eigenvalue weighted by molar-refractivity contribution is 6.34. The monoisotopic (exact) mass is 425 g/mol. The van der Waals surface area contributed by atoms with Gasteiger partial charge in [0.2, 0.25) is 5.91 Å². The van der Waals surface area contributed by atoms with Crippen LogP contribution in [0.3, 0.4) is 0 Å². The Hall–Kier alpha value is -2.31. The number of nitrogen functional groups attached to an aromatic ring is 1. The summed E-state index contributed by atoms with van der Waals surface area (Å²) in [7, 11) is 0. The van der Waals surface area contributed by atoms with Gasteiger partial charge in [0.15, 0.2) is 0 Å². The Labute approximate surface area is 174 Å². The van der Waals surface area contributed by atoms with Crippen LogP contribution in [0.2, 0.25) is 5.02 Å². The van der Waals surface area contributed by atoms with E-state index in [0.717, 1.165) is 32.1 Å². The van der Waals surface area contributed by atoms with Gasteiger partial charge in [-0.3, -0.25) is 9.59 Å². The first-order chi connectivity index (χ1) is 12.9. The van der Waals surface area contributed by atoms with Crippen molar-refractivity contribution in [2.24, 2.45) is 5.92 Å². The van der Waals surface area contributed by atoms with E-state index in [-0.39, 0.29) is 40.5 Å². The number of carbonyl (C=O) groups is 2. The Morgan fingerprint density at radius 3 is 2.43 bits per heavy atom. The Morgan fingerprint density at radius 2 is 1.75 bits per heavy atom. The molecule has 0 atom stereocenters. The van der Waals surface area contributed by atoms with E-state index in [1.165, 1.54) is 30.3 Å². The minimum absolute atomic E-state index is 0. The van der Waals surface area contributed by atoms with Crippen LogP contribution in [0.4, 0.5) is 21.5 Å². The SMILES string of the molecule is Cl.Nc1ccc(C(=O)Nc2ccc(F)c(NC(=O)C3CCCCC3)c2)c(Cl)c1. The first-order valence-electron chi connectivity index (χ1n) is 8.91. The number of rotatable bonds is 4. The molecule has 0 unspecified atom stereocenters. The molecule has 1 fully saturated rings. The molecule has 0 spiro atoms. The van der Waals surface area contributed by atoms with Gasteiger partial charge in [-0.05, 0) is 49.2 Å². The van der Waals surface area contributed by atoms with Crippen molar-refractivity contribution in [2.45, 2.75) is 32.1 Å². The van der Waals surface area contributed by atoms with Gasteiger partial charge in [-0.2, -0.15) is 0 Å². The lowest BCUT2D eigenvalue weighted by Crippen LogP contribution is -2.25. The summed E-state index contributed by atoms with van der Waals surface area (Å²) in [5.74, 6) is -1.28. The summed E-state index contributed by atoms with van der Waals surface area (Å²) in [5, 5.41) is 5.52. The summed E-state index contributed by atoms with van der Waals surface area (Å²) in [4.78, 5) is 24.8. The van der Waals surface area contributed by atoms with Gasteiger partial charge in [-0.15, -0.1) is 12.4 Å². The van der Waals surface area contributed by atoms with E-state index in [9.17, 15) is 14.0 Å². The smallest absolute Gasteiger partial charge is 0.257 e. The van der Waals surface area contributed by atoms with Gasteiger partial charge in [-0.1, -0.05) is 30.9 Å². The van der Waals surface area contributed by atoms with Crippen molar-refractivity contribution in [2.75, 3.05) is 16.4 Å². The Morgan fingerprint density at radius 1 is 1.04 bits per heavy atom. The summed E-state index contributed by atoms with van der Waals surface area (Å²) in [6.45, 7) is 0. The normalized spacial score (nSPS) is 14.1. The lowest BCUT2D eigenvalue weighted by atomic mass is 9.88. The summed E-state index contributed by atoms with van der Waals surface area (Å²) < 4.78 is 14.1. The van der Waals surface area contributed by atoms with Crippen LogP contribution in [0.5, 0.6) is 0 Å². The predicted octanol–water partition coefficient (Wildman–Crippen LogP) is 5.25. The van der Waals surface area contributed by atoms with E-state index in [1.54, 1.807) is 6.07 Å². The number of amides is 2. The van der Waals surface area contributed by atoms with Crippen LogP contribution < -0.4 is 16.4 Å². The van der Waals surface area contributed by atoms with Gasteiger partial charge in [0.25, 0.3) is 5.91 Å². The van der Waals surface area contributed by atoms with Crippen LogP contribution in [-0.4, -0.2) is 11.8 Å². The highest BCUT2D eigenvalue weighted by atomic mass is 35.5. The van der Waals surface area contributed by atoms with Crippen LogP contribution in [-0.2, 0) is 4.79 Å². The minimum Gasteiger partial charge on any atom is -0.399 e. The number of nitrogens with two attached hydrogens (primary N) is 1. The number of carbonyl (C=O) groups excluding carboxylic acids is 2. The third-order valence-electron chi connectivity index (χ3n) is 4.70. The van der Waals surface area contributed by atoms with E-state index >= 15 is 0 Å². The van der Waals surface area contributed by atoms with E-state index in [2.05, 4.69) is 10.6 Å². The molecule has 5 nitrogen and oxygen atoms in total. The van der Waals surface area contributed by atoms with Crippen LogP contribution >= 0.6 is 24.0 Å². The molecule has 150 valence electrons. The molecule has 0 bridgehead atoms. The van der Waals surface area contributed by atoms with Gasteiger partial charge in [0, 0.05) is 17.3 Å². The topological polar surface area (TPSA) is 84.2 Å². The third kappa shape index (κ3) is 5.36. The zero-order valence-corrected chi connectivity index (χ0v) is 16.7. The molecule has 2 aromatic carbocycles. The molecule has 0 heterocycles. The highest BCUT2D eigenvalue weighted by Crippen LogP contribution is 2.27. The number of nitrogens with one attached hydrogen (secondary N) is 2. The zero-order valence-electron chi connectivity index (χ0n) is 15.1. The van der Waals surface area contributed by atoms with E-state index in [1.807, 2.05) is 0 Å². The number of benzene rings is 2. The highest BCUT2D eigenvalue weighted by Gasteiger charge is 2.22. The van der Waals surface area contributed by atoms with Crippen molar-refractivity contribution in [3.05, 3.63) is 52.8 Å². The summed E-state index contributed by atoms with van der Waals surface area (Å²) in [5.41, 5.74) is 6.73. The van der Waals surface area contributed by atoms with Gasteiger partial charge in [0.1, 0.15) is 5.82 Å². The number of anilines is 3. The number of hydrogen-bond donors (Lipinski definition) is 3. The van der Waals surface area contributed by atoms with Gasteiger partial charge in [0.05, 0.1) is 16.3 Å². The second-order valence-electron chi connectivity index (χ2n) is 6.71. The third-order valence-corrected chi connectivity index (χ3v) is 5.01. The molecule has 0 aromatic heterocycles. The Balaban J connectivity index is 0.00000280. The average molecular weight is 426 g/mol. The number of halogens is 3. The molecule has 3 rings (SSSR count). The summed E-state index contributed by atoms with van der Waals surface area (Å²) in [6, 6.07) is 8.60. The second kappa shape index (κ2) is 9.75. The molecule has 1 saturated carbocycles. The molecule has 4 N–H and O–H groups in total. The molecule has 0 aliphatic heterocycles. The lowest BCUT2D eigenvalue weighted by molar-refractivity contribution is -0.120. The number of hydrogen-bond acceptors (Lipinski definition) is 3. The molecule has 2 aromatic rings. The molecule has 1 aliphatic rings. The fraction of sp³-hybridized carbons (Fsp3) is 0.300. The van der Waals surface area contributed by atoms with Crippen molar-refractivity contribution >= 4 is 52.9 Å². The minimum atomic E-state index is -0.553. The van der Waals surface area contributed by atoms with Gasteiger partial charge >= 0.3 is 0 Å². The van der Waals surface area contributed by atoms with Crippen LogP contribution in [0.1, 0.15) is 42.5 Å². The van der Waals surface area contributed by atoms with Crippen molar-refractivity contribution in [1.82, 2.24) is 0 Å². The van der Waals surface area contributed by atoms with E-state index in [0.29, 0.717) is 11.4 Å². The standard InChI is InChI=1S/C20H21ClFN3O2.ClH/c21-16-10-13(23)6-8-15(16)20(27)24-14-7-9-17(22)18(11-14)25-19(26)12-4-2-1-3-5-12;/h6-12H,1-5,23H2,(H,24,27)(H,25,26);1H. The van der Waals surface area contributed by atoms with E-state index in [4.69, 9.17) is 17.3 Å². The first kappa shape index (κ1) is 22.0. The molecular formula is C20H22Cl2FN3O2.